The van der Waals surface area contributed by atoms with E-state index < -0.39 is 4.92 Å². The van der Waals surface area contributed by atoms with Crippen LogP contribution in [0.1, 0.15) is 32.1 Å². The largest absolute Gasteiger partial charge is 0.378 e. The predicted molar refractivity (Wildman–Crippen MR) is 97.0 cm³/mol. The van der Waals surface area contributed by atoms with E-state index in [-0.39, 0.29) is 22.2 Å². The van der Waals surface area contributed by atoms with Crippen molar-refractivity contribution in [1.82, 2.24) is 14.9 Å². The number of nitrogens with one attached hydrogen (secondary N) is 2. The van der Waals surface area contributed by atoms with Crippen molar-refractivity contribution < 1.29 is 4.92 Å². The fourth-order valence-electron chi connectivity index (χ4n) is 3.65. The Morgan fingerprint density at radius 1 is 1.32 bits per heavy atom. The Kier molecular flexibility index (Phi) is 4.71. The van der Waals surface area contributed by atoms with Crippen LogP contribution >= 0.6 is 0 Å². The molecule has 0 saturated heterocycles. The van der Waals surface area contributed by atoms with Crippen LogP contribution in [0.15, 0.2) is 23.3 Å². The standard InChI is InChI=1S/C17H23N5O3/c1-21(2)17(6-4-3-5-7-17)10-18-14-9-13-12(8-15(14)22(24)25)16(23)20-11-19-13/h8-9,11,18H,3-7,10H2,1-2H3,(H,19,20,23). The van der Waals surface area contributed by atoms with E-state index in [0.717, 1.165) is 25.7 Å². The lowest BCUT2D eigenvalue weighted by Gasteiger charge is -2.43. The second kappa shape index (κ2) is 6.79. The van der Waals surface area contributed by atoms with E-state index in [2.05, 4.69) is 34.3 Å². The molecule has 8 heteroatoms. The Balaban J connectivity index is 1.96. The van der Waals surface area contributed by atoms with E-state index in [4.69, 9.17) is 0 Å². The molecular formula is C17H23N5O3. The van der Waals surface area contributed by atoms with Crippen molar-refractivity contribution >= 4 is 22.3 Å². The van der Waals surface area contributed by atoms with Gasteiger partial charge in [0.2, 0.25) is 0 Å². The van der Waals surface area contributed by atoms with Crippen molar-refractivity contribution in [3.8, 4) is 0 Å². The van der Waals surface area contributed by atoms with Gasteiger partial charge in [-0.3, -0.25) is 14.9 Å². The summed E-state index contributed by atoms with van der Waals surface area (Å²) in [4.78, 5) is 31.7. The molecule has 1 fully saturated rings. The number of nitro groups is 1. The van der Waals surface area contributed by atoms with Gasteiger partial charge in [-0.25, -0.2) is 4.98 Å². The number of aromatic nitrogens is 2. The van der Waals surface area contributed by atoms with Gasteiger partial charge in [-0.2, -0.15) is 0 Å². The molecule has 1 aliphatic carbocycles. The van der Waals surface area contributed by atoms with Gasteiger partial charge in [0.15, 0.2) is 0 Å². The Hall–Kier alpha value is -2.48. The lowest BCUT2D eigenvalue weighted by Crippen LogP contribution is -2.51. The van der Waals surface area contributed by atoms with Gasteiger partial charge in [0, 0.05) is 18.2 Å². The first-order valence-electron chi connectivity index (χ1n) is 8.50. The SMILES string of the molecule is CN(C)C1(CNc2cc3nc[nH]c(=O)c3cc2[N+](=O)[O-])CCCCC1. The third-order valence-corrected chi connectivity index (χ3v) is 5.30. The molecule has 1 aromatic heterocycles. The molecular weight excluding hydrogens is 322 g/mol. The van der Waals surface area contributed by atoms with Crippen molar-refractivity contribution in [2.75, 3.05) is 26.0 Å². The molecule has 1 heterocycles. The molecule has 0 atom stereocenters. The van der Waals surface area contributed by atoms with Gasteiger partial charge in [-0.15, -0.1) is 0 Å². The number of likely N-dealkylation sites (N-methyl/N-ethyl adjacent to an activating group) is 1. The molecule has 0 radical (unpaired) electrons. The molecule has 0 bridgehead atoms. The summed E-state index contributed by atoms with van der Waals surface area (Å²) in [7, 11) is 4.12. The molecule has 1 aliphatic rings. The Morgan fingerprint density at radius 2 is 2.04 bits per heavy atom. The van der Waals surface area contributed by atoms with E-state index in [1.54, 1.807) is 6.07 Å². The van der Waals surface area contributed by atoms with Gasteiger partial charge < -0.3 is 15.2 Å². The number of hydrogen-bond acceptors (Lipinski definition) is 6. The number of aromatic amines is 1. The van der Waals surface area contributed by atoms with Crippen molar-refractivity contribution in [2.24, 2.45) is 0 Å². The molecule has 3 rings (SSSR count). The summed E-state index contributed by atoms with van der Waals surface area (Å²) in [6.45, 7) is 0.621. The number of hydrogen-bond donors (Lipinski definition) is 2. The maximum Gasteiger partial charge on any atom is 0.293 e. The highest BCUT2D eigenvalue weighted by Crippen LogP contribution is 2.34. The molecule has 1 saturated carbocycles. The van der Waals surface area contributed by atoms with Crippen LogP contribution in [0.3, 0.4) is 0 Å². The highest BCUT2D eigenvalue weighted by molar-refractivity contribution is 5.86. The molecule has 0 spiro atoms. The van der Waals surface area contributed by atoms with E-state index in [1.807, 2.05) is 0 Å². The summed E-state index contributed by atoms with van der Waals surface area (Å²) in [5, 5.41) is 14.9. The lowest BCUT2D eigenvalue weighted by molar-refractivity contribution is -0.383. The van der Waals surface area contributed by atoms with Gasteiger partial charge in [0.05, 0.1) is 22.2 Å². The molecule has 1 aromatic carbocycles. The van der Waals surface area contributed by atoms with E-state index in [9.17, 15) is 14.9 Å². The maximum absolute atomic E-state index is 11.9. The molecule has 8 nitrogen and oxygen atoms in total. The van der Waals surface area contributed by atoms with Gasteiger partial charge in [-0.05, 0) is 33.0 Å². The number of nitro benzene ring substituents is 1. The first kappa shape index (κ1) is 17.3. The average molecular weight is 345 g/mol. The van der Waals surface area contributed by atoms with Crippen molar-refractivity contribution in [3.63, 3.8) is 0 Å². The number of fused-ring (bicyclic) bond motifs is 1. The average Bonchev–Trinajstić information content (AvgIpc) is 2.60. The molecule has 2 aromatic rings. The van der Waals surface area contributed by atoms with Gasteiger partial charge in [0.25, 0.3) is 11.2 Å². The number of H-pyrrole nitrogens is 1. The highest BCUT2D eigenvalue weighted by Gasteiger charge is 2.34. The summed E-state index contributed by atoms with van der Waals surface area (Å²) in [6.07, 6.45) is 6.99. The smallest absolute Gasteiger partial charge is 0.293 e. The maximum atomic E-state index is 11.9. The first-order valence-corrected chi connectivity index (χ1v) is 8.50. The fourth-order valence-corrected chi connectivity index (χ4v) is 3.65. The zero-order valence-corrected chi connectivity index (χ0v) is 14.5. The van der Waals surface area contributed by atoms with Crippen LogP contribution in [0.2, 0.25) is 0 Å². The van der Waals surface area contributed by atoms with Crippen LogP contribution in [0, 0.1) is 10.1 Å². The van der Waals surface area contributed by atoms with E-state index in [0.29, 0.717) is 17.7 Å². The highest BCUT2D eigenvalue weighted by atomic mass is 16.6. The summed E-state index contributed by atoms with van der Waals surface area (Å²) >= 11 is 0. The summed E-state index contributed by atoms with van der Waals surface area (Å²) < 4.78 is 0. The van der Waals surface area contributed by atoms with Gasteiger partial charge in [-0.1, -0.05) is 19.3 Å². The topological polar surface area (TPSA) is 104 Å². The summed E-state index contributed by atoms with van der Waals surface area (Å²) in [5.41, 5.74) is 0.358. The lowest BCUT2D eigenvalue weighted by atomic mass is 9.80. The fraction of sp³-hybridized carbons (Fsp3) is 0.529. The van der Waals surface area contributed by atoms with Crippen LogP contribution < -0.4 is 10.9 Å². The van der Waals surface area contributed by atoms with Gasteiger partial charge >= 0.3 is 0 Å². The predicted octanol–water partition coefficient (Wildman–Crippen LogP) is 2.51. The van der Waals surface area contributed by atoms with Crippen molar-refractivity contribution in [3.05, 3.63) is 38.9 Å². The third kappa shape index (κ3) is 3.34. The Bertz CT molecular complexity index is 840. The van der Waals surface area contributed by atoms with Crippen LogP contribution in [-0.2, 0) is 0 Å². The zero-order chi connectivity index (χ0) is 18.0. The Labute approximate surface area is 145 Å². The normalized spacial score (nSPS) is 16.9. The van der Waals surface area contributed by atoms with E-state index >= 15 is 0 Å². The number of anilines is 1. The first-order chi connectivity index (χ1) is 11.9. The molecule has 0 amide bonds. The minimum absolute atomic E-state index is 0.0112. The van der Waals surface area contributed by atoms with E-state index in [1.165, 1.54) is 18.8 Å². The van der Waals surface area contributed by atoms with Crippen LogP contribution in [0.4, 0.5) is 11.4 Å². The van der Waals surface area contributed by atoms with Crippen molar-refractivity contribution in [1.29, 1.82) is 0 Å². The number of benzene rings is 1. The minimum Gasteiger partial charge on any atom is -0.378 e. The Morgan fingerprint density at radius 3 is 2.68 bits per heavy atom. The van der Waals surface area contributed by atoms with Crippen LogP contribution in [-0.4, -0.2) is 46.0 Å². The third-order valence-electron chi connectivity index (χ3n) is 5.30. The van der Waals surface area contributed by atoms with Crippen LogP contribution in [0.25, 0.3) is 10.9 Å². The quantitative estimate of drug-likeness (QED) is 0.637. The second-order valence-electron chi connectivity index (χ2n) is 6.91. The molecule has 0 aliphatic heterocycles. The van der Waals surface area contributed by atoms with Crippen LogP contribution in [0.5, 0.6) is 0 Å². The summed E-state index contributed by atoms with van der Waals surface area (Å²) in [5.74, 6) is 0. The zero-order valence-electron chi connectivity index (χ0n) is 14.5. The number of rotatable bonds is 5. The number of nitrogens with zero attached hydrogens (tertiary/aromatic N) is 3. The molecule has 134 valence electrons. The molecule has 0 unspecified atom stereocenters. The second-order valence-corrected chi connectivity index (χ2v) is 6.91. The van der Waals surface area contributed by atoms with Crippen molar-refractivity contribution in [2.45, 2.75) is 37.6 Å². The molecule has 25 heavy (non-hydrogen) atoms. The molecule has 2 N–H and O–H groups in total. The minimum atomic E-state index is -0.461. The summed E-state index contributed by atoms with van der Waals surface area (Å²) in [6, 6.07) is 2.89. The monoisotopic (exact) mass is 345 g/mol. The van der Waals surface area contributed by atoms with Gasteiger partial charge in [0.1, 0.15) is 5.69 Å².